The predicted molar refractivity (Wildman–Crippen MR) is 74.6 cm³/mol. The molecule has 22 heavy (non-hydrogen) atoms. The largest absolute Gasteiger partial charge is 0.480 e. The summed E-state index contributed by atoms with van der Waals surface area (Å²) < 4.78 is 0. The van der Waals surface area contributed by atoms with Gasteiger partial charge in [0.2, 0.25) is 0 Å². The minimum Gasteiger partial charge on any atom is -0.480 e. The molecule has 4 atom stereocenters. The number of aliphatic hydroxyl groups is 5. The number of carboxylic acid groups (broad SMARTS) is 1. The number of hydrogen-bond acceptors (Lipinski definition) is 7. The number of rotatable bonds is 9. The van der Waals surface area contributed by atoms with Crippen LogP contribution >= 0.6 is 0 Å². The predicted octanol–water partition coefficient (Wildman–Crippen LogP) is -2.15. The van der Waals surface area contributed by atoms with Gasteiger partial charge in [0.1, 0.15) is 18.3 Å². The zero-order valence-electron chi connectivity index (χ0n) is 13.1. The maximum absolute atomic E-state index is 10.8. The average Bonchev–Trinajstić information content (AvgIpc) is 2.32. The Morgan fingerprint density at radius 3 is 1.86 bits per heavy atom. The number of aliphatic carboxylic acids is 1. The minimum absolute atomic E-state index is 0. The second-order valence-electron chi connectivity index (χ2n) is 6.42. The second-order valence-corrected chi connectivity index (χ2v) is 6.42. The van der Waals surface area contributed by atoms with E-state index in [-0.39, 0.29) is 37.1 Å². The molecule has 6 N–H and O–H groups in total. The van der Waals surface area contributed by atoms with Crippen LogP contribution in [-0.4, -0.2) is 92.2 Å². The molecule has 0 aliphatic rings. The van der Waals surface area contributed by atoms with E-state index in [1.165, 1.54) is 4.90 Å². The molecule has 0 bridgehead atoms. The van der Waals surface area contributed by atoms with Gasteiger partial charge in [-0.25, -0.2) is 0 Å². The molecule has 0 aliphatic carbocycles. The van der Waals surface area contributed by atoms with Crippen LogP contribution in [-0.2, 0) is 23.4 Å². The molecule has 8 nitrogen and oxygen atoms in total. The number of carbonyl (C=O) groups is 1. The molecule has 0 saturated heterocycles. The molecule has 0 amide bonds. The minimum atomic E-state index is -1.72. The molecule has 0 unspecified atom stereocenters. The Balaban J connectivity index is 0. The van der Waals surface area contributed by atoms with Crippen LogP contribution in [0.4, 0.5) is 0 Å². The van der Waals surface area contributed by atoms with Crippen LogP contribution in [0.2, 0.25) is 0 Å². The molecule has 0 saturated carbocycles. The van der Waals surface area contributed by atoms with E-state index in [0.717, 1.165) is 0 Å². The molecule has 0 fully saturated rings. The standard InChI is InChI=1S/C13H27NO7.V/c1-13(2,3)7-14(5-10(18)19)4-8(16)11(20)12(21)9(17)6-15;/h8-9,11-12,15-17,20-21H,4-7H2,1-3H3,(H,18,19);/t8-,9+,11+,12+;/m1./s1. The summed E-state index contributed by atoms with van der Waals surface area (Å²) in [5.74, 6) is -1.07. The van der Waals surface area contributed by atoms with Gasteiger partial charge in [-0.15, -0.1) is 0 Å². The quantitative estimate of drug-likeness (QED) is 0.273. The van der Waals surface area contributed by atoms with E-state index in [1.807, 2.05) is 20.8 Å². The number of carboxylic acids is 1. The Hall–Kier alpha value is -0.186. The summed E-state index contributed by atoms with van der Waals surface area (Å²) in [6.45, 7) is 4.80. The Morgan fingerprint density at radius 2 is 1.50 bits per heavy atom. The average molecular weight is 360 g/mol. The van der Waals surface area contributed by atoms with Crippen LogP contribution in [0, 0.1) is 5.41 Å². The normalized spacial score (nSPS) is 17.5. The summed E-state index contributed by atoms with van der Waals surface area (Å²) >= 11 is 0. The van der Waals surface area contributed by atoms with Crippen LogP contribution in [0.1, 0.15) is 20.8 Å². The van der Waals surface area contributed by atoms with Crippen LogP contribution < -0.4 is 0 Å². The molecular weight excluding hydrogens is 333 g/mol. The van der Waals surface area contributed by atoms with Crippen LogP contribution in [0.3, 0.4) is 0 Å². The third kappa shape index (κ3) is 9.75. The Kier molecular flexibility index (Phi) is 11.6. The first-order chi connectivity index (χ1) is 9.47. The van der Waals surface area contributed by atoms with Crippen molar-refractivity contribution in [1.29, 1.82) is 0 Å². The van der Waals surface area contributed by atoms with E-state index in [2.05, 4.69) is 0 Å². The number of aliphatic hydroxyl groups excluding tert-OH is 5. The molecule has 0 aromatic heterocycles. The topological polar surface area (TPSA) is 142 Å². The molecule has 0 heterocycles. The van der Waals surface area contributed by atoms with E-state index in [0.29, 0.717) is 6.54 Å². The summed E-state index contributed by atoms with van der Waals surface area (Å²) in [7, 11) is 0. The van der Waals surface area contributed by atoms with Gasteiger partial charge in [-0.2, -0.15) is 0 Å². The molecule has 0 aromatic rings. The van der Waals surface area contributed by atoms with Gasteiger partial charge in [0.15, 0.2) is 0 Å². The fourth-order valence-corrected chi connectivity index (χ4v) is 1.98. The van der Waals surface area contributed by atoms with Crippen molar-refractivity contribution in [3.8, 4) is 0 Å². The summed E-state index contributed by atoms with van der Waals surface area (Å²) in [5, 5.41) is 55.9. The first-order valence-corrected chi connectivity index (χ1v) is 6.75. The fourth-order valence-electron chi connectivity index (χ4n) is 1.98. The first-order valence-electron chi connectivity index (χ1n) is 6.75. The molecule has 0 aromatic carbocycles. The van der Waals surface area contributed by atoms with Crippen molar-refractivity contribution >= 4 is 5.97 Å². The van der Waals surface area contributed by atoms with Gasteiger partial charge < -0.3 is 30.6 Å². The summed E-state index contributed by atoms with van der Waals surface area (Å²) in [6.07, 6.45) is -6.44. The van der Waals surface area contributed by atoms with E-state index >= 15 is 0 Å². The van der Waals surface area contributed by atoms with Gasteiger partial charge in [-0.3, -0.25) is 9.69 Å². The van der Waals surface area contributed by atoms with Crippen molar-refractivity contribution in [2.24, 2.45) is 5.41 Å². The molecule has 0 rings (SSSR count). The van der Waals surface area contributed by atoms with Crippen LogP contribution in [0.15, 0.2) is 0 Å². The summed E-state index contributed by atoms with van der Waals surface area (Å²) in [6, 6.07) is 0. The molecule has 0 aliphatic heterocycles. The summed E-state index contributed by atoms with van der Waals surface area (Å²) in [5.41, 5.74) is -0.219. The van der Waals surface area contributed by atoms with Crippen molar-refractivity contribution in [3.63, 3.8) is 0 Å². The fraction of sp³-hybridized carbons (Fsp3) is 0.923. The number of hydrogen-bond donors (Lipinski definition) is 6. The first kappa shape index (κ1) is 24.1. The maximum atomic E-state index is 10.8. The third-order valence-corrected chi connectivity index (χ3v) is 2.83. The Bertz CT molecular complexity index is 324. The third-order valence-electron chi connectivity index (χ3n) is 2.83. The van der Waals surface area contributed by atoms with Crippen LogP contribution in [0.25, 0.3) is 0 Å². The smallest absolute Gasteiger partial charge is 0.317 e. The van der Waals surface area contributed by atoms with Gasteiger partial charge in [-0.05, 0) is 5.41 Å². The van der Waals surface area contributed by atoms with Gasteiger partial charge in [0, 0.05) is 31.6 Å². The molecule has 1 radical (unpaired) electrons. The van der Waals surface area contributed by atoms with Crippen molar-refractivity contribution in [2.75, 3.05) is 26.2 Å². The second kappa shape index (κ2) is 10.6. The zero-order valence-corrected chi connectivity index (χ0v) is 14.5. The van der Waals surface area contributed by atoms with Gasteiger partial charge in [-0.1, -0.05) is 20.8 Å². The SMILES string of the molecule is CC(C)(C)CN(CC(=O)O)C[C@@H](O)[C@H](O)[C@@H](O)[C@@H](O)CO.[V]. The maximum Gasteiger partial charge on any atom is 0.317 e. The molecule has 131 valence electrons. The number of nitrogens with zero attached hydrogens (tertiary/aromatic N) is 1. The molecule has 9 heteroatoms. The zero-order chi connectivity index (χ0) is 16.8. The molecule has 0 spiro atoms. The van der Waals surface area contributed by atoms with Gasteiger partial charge >= 0.3 is 5.97 Å². The van der Waals surface area contributed by atoms with E-state index in [1.54, 1.807) is 0 Å². The Morgan fingerprint density at radius 1 is 1.05 bits per heavy atom. The van der Waals surface area contributed by atoms with Gasteiger partial charge in [0.25, 0.3) is 0 Å². The van der Waals surface area contributed by atoms with Crippen LogP contribution in [0.5, 0.6) is 0 Å². The van der Waals surface area contributed by atoms with E-state index < -0.39 is 37.0 Å². The van der Waals surface area contributed by atoms with Crippen molar-refractivity contribution < 1.29 is 54.0 Å². The van der Waals surface area contributed by atoms with E-state index in [9.17, 15) is 25.2 Å². The van der Waals surface area contributed by atoms with Crippen molar-refractivity contribution in [3.05, 3.63) is 0 Å². The summed E-state index contributed by atoms with van der Waals surface area (Å²) in [4.78, 5) is 12.3. The van der Waals surface area contributed by atoms with Crippen molar-refractivity contribution in [2.45, 2.75) is 45.2 Å². The monoisotopic (exact) mass is 360 g/mol. The van der Waals surface area contributed by atoms with E-state index in [4.69, 9.17) is 10.2 Å². The van der Waals surface area contributed by atoms with Gasteiger partial charge in [0.05, 0.1) is 19.3 Å². The van der Waals surface area contributed by atoms with Crippen molar-refractivity contribution in [1.82, 2.24) is 4.90 Å². The molecular formula is C13H27NO7V. The Labute approximate surface area is 142 Å².